The highest BCUT2D eigenvalue weighted by Gasteiger charge is 2.23. The fourth-order valence-electron chi connectivity index (χ4n) is 5.05. The lowest BCUT2D eigenvalue weighted by molar-refractivity contribution is 0.313. The van der Waals surface area contributed by atoms with Crippen molar-refractivity contribution in [3.63, 3.8) is 0 Å². The molecule has 0 bridgehead atoms. The van der Waals surface area contributed by atoms with Gasteiger partial charge >= 0.3 is 0 Å². The molecule has 6 rings (SSSR count). The molecule has 0 saturated carbocycles. The number of rotatable bonds is 6. The first-order valence-corrected chi connectivity index (χ1v) is 12.9. The maximum atomic E-state index is 13.4. The fraction of sp³-hybridized carbons (Fsp3) is 0.370. The Morgan fingerprint density at radius 1 is 0.919 bits per heavy atom. The summed E-state index contributed by atoms with van der Waals surface area (Å²) in [6, 6.07) is 14.9. The molecule has 4 heterocycles. The summed E-state index contributed by atoms with van der Waals surface area (Å²) < 4.78 is 15.6. The second kappa shape index (κ2) is 10.3. The molecule has 0 aliphatic carbocycles. The molecule has 2 aromatic heterocycles. The third-order valence-electron chi connectivity index (χ3n) is 7.16. The third kappa shape index (κ3) is 5.21. The van der Waals surface area contributed by atoms with Crippen LogP contribution >= 0.6 is 0 Å². The number of hydrogen-bond acceptors (Lipinski definition) is 8. The Balaban J connectivity index is 1.27. The molecule has 10 heteroatoms. The quantitative estimate of drug-likeness (QED) is 0.364. The van der Waals surface area contributed by atoms with Gasteiger partial charge in [-0.15, -0.1) is 0 Å². The summed E-state index contributed by atoms with van der Waals surface area (Å²) in [4.78, 5) is 19.0. The number of piperazine rings is 1. The summed E-state index contributed by atoms with van der Waals surface area (Å²) in [6.07, 6.45) is 3.86. The minimum Gasteiger partial charge on any atom is -0.369 e. The van der Waals surface area contributed by atoms with E-state index in [1.54, 1.807) is 18.3 Å². The van der Waals surface area contributed by atoms with Gasteiger partial charge in [-0.05, 0) is 75.0 Å². The molecule has 4 aromatic rings. The van der Waals surface area contributed by atoms with Gasteiger partial charge < -0.3 is 25.8 Å². The zero-order valence-electron chi connectivity index (χ0n) is 21.0. The normalized spacial score (nSPS) is 18.8. The van der Waals surface area contributed by atoms with E-state index in [-0.39, 0.29) is 11.9 Å². The molecule has 2 saturated heterocycles. The molecule has 2 aliphatic rings. The van der Waals surface area contributed by atoms with Crippen LogP contribution in [0.4, 0.5) is 33.3 Å². The predicted molar refractivity (Wildman–Crippen MR) is 146 cm³/mol. The van der Waals surface area contributed by atoms with Gasteiger partial charge in [-0.2, -0.15) is 4.98 Å². The van der Waals surface area contributed by atoms with Crippen molar-refractivity contribution in [2.75, 3.05) is 61.8 Å². The minimum atomic E-state index is -0.270. The number of aromatic nitrogens is 4. The maximum Gasteiger partial charge on any atom is 0.229 e. The van der Waals surface area contributed by atoms with Crippen molar-refractivity contribution in [3.8, 4) is 0 Å². The van der Waals surface area contributed by atoms with Gasteiger partial charge in [0.25, 0.3) is 0 Å². The zero-order chi connectivity index (χ0) is 25.2. The lowest BCUT2D eigenvalue weighted by Gasteiger charge is -2.34. The molecule has 9 nitrogen and oxygen atoms in total. The standard InChI is InChI=1S/C27H32FN9/c1-35-13-15-36(16-14-35)22-10-8-20(9-11-22)31-26-30-18-24-25(34-26)37(23-3-2-12-29-17-23)27(33-24)32-21-6-4-19(28)5-7-21/h4-11,18,23,29H,2-3,12-17H2,1H3,(H,32,33)(H,30,31,34)/t23-/m1/s1. The van der Waals surface area contributed by atoms with Crippen molar-refractivity contribution in [1.29, 1.82) is 0 Å². The first-order chi connectivity index (χ1) is 18.1. The second-order valence-electron chi connectivity index (χ2n) is 9.80. The van der Waals surface area contributed by atoms with Gasteiger partial charge in [0.1, 0.15) is 11.3 Å². The van der Waals surface area contributed by atoms with Crippen molar-refractivity contribution in [2.45, 2.75) is 18.9 Å². The van der Waals surface area contributed by atoms with Crippen molar-refractivity contribution in [3.05, 3.63) is 60.5 Å². The van der Waals surface area contributed by atoms with Crippen LogP contribution in [0.25, 0.3) is 11.2 Å². The highest BCUT2D eigenvalue weighted by Crippen LogP contribution is 2.30. The van der Waals surface area contributed by atoms with Gasteiger partial charge in [0, 0.05) is 49.8 Å². The Labute approximate surface area is 215 Å². The van der Waals surface area contributed by atoms with Gasteiger partial charge in [-0.1, -0.05) is 0 Å². The first kappa shape index (κ1) is 23.6. The van der Waals surface area contributed by atoms with E-state index in [2.05, 4.69) is 66.6 Å². The fourth-order valence-corrected chi connectivity index (χ4v) is 5.05. The molecule has 3 N–H and O–H groups in total. The number of nitrogens with zero attached hydrogens (tertiary/aromatic N) is 6. The summed E-state index contributed by atoms with van der Waals surface area (Å²) in [6.45, 7) is 6.08. The summed E-state index contributed by atoms with van der Waals surface area (Å²) in [5.74, 6) is 0.935. The third-order valence-corrected chi connectivity index (χ3v) is 7.16. The number of imidazole rings is 1. The van der Waals surface area contributed by atoms with E-state index < -0.39 is 0 Å². The number of anilines is 5. The number of nitrogens with one attached hydrogen (secondary N) is 3. The molecule has 2 fully saturated rings. The number of likely N-dealkylation sites (N-methyl/N-ethyl adjacent to an activating group) is 1. The van der Waals surface area contributed by atoms with Crippen LogP contribution in [0.5, 0.6) is 0 Å². The second-order valence-corrected chi connectivity index (χ2v) is 9.80. The molecule has 2 aliphatic heterocycles. The molecule has 2 aromatic carbocycles. The average Bonchev–Trinajstić information content (AvgIpc) is 3.28. The van der Waals surface area contributed by atoms with Crippen LogP contribution in [0.2, 0.25) is 0 Å². The Morgan fingerprint density at radius 3 is 2.38 bits per heavy atom. The molecule has 0 amide bonds. The van der Waals surface area contributed by atoms with Crippen molar-refractivity contribution < 1.29 is 4.39 Å². The molecule has 0 unspecified atom stereocenters. The van der Waals surface area contributed by atoms with Crippen LogP contribution in [0.1, 0.15) is 18.9 Å². The van der Waals surface area contributed by atoms with Crippen molar-refractivity contribution in [1.82, 2.24) is 29.7 Å². The minimum absolute atomic E-state index is 0.201. The van der Waals surface area contributed by atoms with Crippen molar-refractivity contribution >= 4 is 40.1 Å². The van der Waals surface area contributed by atoms with Gasteiger partial charge in [-0.3, -0.25) is 4.57 Å². The van der Waals surface area contributed by atoms with Crippen LogP contribution in [-0.4, -0.2) is 70.7 Å². The summed E-state index contributed by atoms with van der Waals surface area (Å²) >= 11 is 0. The number of halogens is 1. The van der Waals surface area contributed by atoms with Gasteiger partial charge in [0.15, 0.2) is 5.65 Å². The van der Waals surface area contributed by atoms with Crippen LogP contribution in [0, 0.1) is 5.82 Å². The number of fused-ring (bicyclic) bond motifs is 1. The number of hydrogen-bond donors (Lipinski definition) is 3. The molecule has 192 valence electrons. The van der Waals surface area contributed by atoms with Crippen LogP contribution < -0.4 is 20.9 Å². The van der Waals surface area contributed by atoms with Gasteiger partial charge in [0.05, 0.1) is 12.2 Å². The first-order valence-electron chi connectivity index (χ1n) is 12.9. The smallest absolute Gasteiger partial charge is 0.229 e. The summed E-state index contributed by atoms with van der Waals surface area (Å²) in [5.41, 5.74) is 4.42. The van der Waals surface area contributed by atoms with Crippen LogP contribution in [-0.2, 0) is 0 Å². The number of benzene rings is 2. The molecule has 1 atom stereocenters. The van der Waals surface area contributed by atoms with E-state index in [9.17, 15) is 4.39 Å². The van der Waals surface area contributed by atoms with Gasteiger partial charge in [0.2, 0.25) is 11.9 Å². The number of piperidine rings is 1. The lowest BCUT2D eigenvalue weighted by atomic mass is 10.1. The largest absolute Gasteiger partial charge is 0.369 e. The molecule has 0 spiro atoms. The van der Waals surface area contributed by atoms with E-state index in [4.69, 9.17) is 9.97 Å². The topological polar surface area (TPSA) is 86.2 Å². The lowest BCUT2D eigenvalue weighted by Crippen LogP contribution is -2.44. The van der Waals surface area contributed by atoms with Crippen molar-refractivity contribution in [2.24, 2.45) is 0 Å². The Bertz CT molecular complexity index is 1340. The van der Waals surface area contributed by atoms with Crippen LogP contribution in [0.15, 0.2) is 54.7 Å². The monoisotopic (exact) mass is 501 g/mol. The maximum absolute atomic E-state index is 13.4. The summed E-state index contributed by atoms with van der Waals surface area (Å²) in [7, 11) is 2.17. The Hall–Kier alpha value is -3.76. The van der Waals surface area contributed by atoms with E-state index >= 15 is 0 Å². The Kier molecular flexibility index (Phi) is 6.58. The highest BCUT2D eigenvalue weighted by atomic mass is 19.1. The zero-order valence-corrected chi connectivity index (χ0v) is 21.0. The highest BCUT2D eigenvalue weighted by molar-refractivity contribution is 5.77. The van der Waals surface area contributed by atoms with E-state index in [0.717, 1.165) is 69.1 Å². The van der Waals surface area contributed by atoms with E-state index in [1.165, 1.54) is 17.8 Å². The predicted octanol–water partition coefficient (Wildman–Crippen LogP) is 4.13. The van der Waals surface area contributed by atoms with Crippen LogP contribution in [0.3, 0.4) is 0 Å². The molecular weight excluding hydrogens is 469 g/mol. The summed E-state index contributed by atoms with van der Waals surface area (Å²) in [5, 5.41) is 10.2. The molecular formula is C27H32FN9. The SMILES string of the molecule is CN1CCN(c2ccc(Nc3ncc4nc(Nc5ccc(F)cc5)n([C@@H]5CCCNC5)c4n3)cc2)CC1. The molecule has 37 heavy (non-hydrogen) atoms. The van der Waals surface area contributed by atoms with E-state index in [0.29, 0.717) is 17.4 Å². The molecule has 0 radical (unpaired) electrons. The Morgan fingerprint density at radius 2 is 1.65 bits per heavy atom. The average molecular weight is 502 g/mol. The van der Waals surface area contributed by atoms with Gasteiger partial charge in [-0.25, -0.2) is 14.4 Å². The van der Waals surface area contributed by atoms with E-state index in [1.807, 2.05) is 0 Å².